The average Bonchev–Trinajstić information content (AvgIpc) is 2.29. The molecule has 0 atom stereocenters. The molecule has 0 aliphatic rings. The molecule has 5 nitrogen and oxygen atoms in total. The second-order valence-corrected chi connectivity index (χ2v) is 5.89. The molecule has 0 amide bonds. The normalized spacial score (nSPS) is 11.1. The first kappa shape index (κ1) is 16.2. The van der Waals surface area contributed by atoms with E-state index in [1.807, 2.05) is 12.1 Å². The van der Waals surface area contributed by atoms with Gasteiger partial charge < -0.3 is 0 Å². The first-order valence-corrected chi connectivity index (χ1v) is 7.50. The van der Waals surface area contributed by atoms with Crippen LogP contribution in [0.1, 0.15) is 25.7 Å². The number of unbranched alkanes of at least 4 members (excludes halogenated alkanes) is 1. The lowest BCUT2D eigenvalue weighted by atomic mass is 10.4. The average molecular weight is 278 g/mol. The summed E-state index contributed by atoms with van der Waals surface area (Å²) in [6.07, 6.45) is 1.42. The van der Waals surface area contributed by atoms with Gasteiger partial charge in [-0.1, -0.05) is 0 Å². The highest BCUT2D eigenvalue weighted by molar-refractivity contribution is 7.89. The van der Waals surface area contributed by atoms with Crippen molar-refractivity contribution in [2.24, 2.45) is 0 Å². The minimum atomic E-state index is -3.37. The molecule has 0 saturated carbocycles. The van der Waals surface area contributed by atoms with E-state index in [4.69, 9.17) is 22.1 Å². The molecule has 17 heavy (non-hydrogen) atoms. The minimum Gasteiger partial charge on any atom is -0.212 e. The van der Waals surface area contributed by atoms with Crippen LogP contribution in [0.4, 0.5) is 0 Å². The quantitative estimate of drug-likeness (QED) is 0.472. The number of hydrogen-bond donors (Lipinski definition) is 0. The fourth-order valence-corrected chi connectivity index (χ4v) is 3.00. The van der Waals surface area contributed by atoms with Crippen LogP contribution in [0.5, 0.6) is 0 Å². The maximum atomic E-state index is 11.9. The van der Waals surface area contributed by atoms with Crippen LogP contribution >= 0.6 is 11.6 Å². The standard InChI is InChI=1S/C10H16ClN3O2S/c11-5-1-2-10-17(15,16)14(8-3-6-12)9-4-7-13/h1-5,8-10H2. The van der Waals surface area contributed by atoms with Crippen molar-refractivity contribution in [2.75, 3.05) is 24.7 Å². The first-order valence-electron chi connectivity index (χ1n) is 5.36. The molecule has 0 saturated heterocycles. The molecule has 0 aliphatic heterocycles. The van der Waals surface area contributed by atoms with Crippen molar-refractivity contribution in [1.29, 1.82) is 10.5 Å². The monoisotopic (exact) mass is 277 g/mol. The van der Waals surface area contributed by atoms with E-state index in [0.29, 0.717) is 18.7 Å². The van der Waals surface area contributed by atoms with E-state index in [1.165, 1.54) is 4.31 Å². The molecule has 96 valence electrons. The fourth-order valence-electron chi connectivity index (χ4n) is 1.25. The maximum absolute atomic E-state index is 11.9. The molecule has 0 spiro atoms. The summed E-state index contributed by atoms with van der Waals surface area (Å²) in [6.45, 7) is 0.308. The van der Waals surface area contributed by atoms with E-state index < -0.39 is 10.0 Å². The van der Waals surface area contributed by atoms with E-state index in [-0.39, 0.29) is 31.7 Å². The predicted molar refractivity (Wildman–Crippen MR) is 65.8 cm³/mol. The van der Waals surface area contributed by atoms with Crippen LogP contribution in [0.2, 0.25) is 0 Å². The summed E-state index contributed by atoms with van der Waals surface area (Å²) in [5.74, 6) is 0.461. The number of rotatable bonds is 9. The summed E-state index contributed by atoms with van der Waals surface area (Å²) in [4.78, 5) is 0. The Morgan fingerprint density at radius 3 is 2.00 bits per heavy atom. The van der Waals surface area contributed by atoms with E-state index in [0.717, 1.165) is 0 Å². The van der Waals surface area contributed by atoms with Gasteiger partial charge >= 0.3 is 0 Å². The second-order valence-electron chi connectivity index (χ2n) is 3.43. The molecular formula is C10H16ClN3O2S. The highest BCUT2D eigenvalue weighted by Crippen LogP contribution is 2.07. The van der Waals surface area contributed by atoms with Gasteiger partial charge in [0, 0.05) is 31.8 Å². The lowest BCUT2D eigenvalue weighted by Gasteiger charge is -2.19. The van der Waals surface area contributed by atoms with Crippen LogP contribution in [0.3, 0.4) is 0 Å². The molecule has 0 unspecified atom stereocenters. The lowest BCUT2D eigenvalue weighted by Crippen LogP contribution is -2.34. The third kappa shape index (κ3) is 7.17. The molecule has 0 rings (SSSR count). The molecule has 0 bridgehead atoms. The molecule has 0 aromatic heterocycles. The Balaban J connectivity index is 4.43. The summed E-state index contributed by atoms with van der Waals surface area (Å²) in [5.41, 5.74) is 0. The molecule has 0 radical (unpaired) electrons. The van der Waals surface area contributed by atoms with Gasteiger partial charge in [0.15, 0.2) is 0 Å². The zero-order chi connectivity index (χ0) is 13.1. The van der Waals surface area contributed by atoms with Crippen LogP contribution < -0.4 is 0 Å². The third-order valence-electron chi connectivity index (χ3n) is 2.13. The van der Waals surface area contributed by atoms with E-state index in [1.54, 1.807) is 0 Å². The van der Waals surface area contributed by atoms with Crippen molar-refractivity contribution in [3.63, 3.8) is 0 Å². The molecule has 0 aromatic carbocycles. The van der Waals surface area contributed by atoms with Gasteiger partial charge in [-0.3, -0.25) is 0 Å². The van der Waals surface area contributed by atoms with Gasteiger partial charge in [0.1, 0.15) is 0 Å². The summed E-state index contributed by atoms with van der Waals surface area (Å²) >= 11 is 5.48. The van der Waals surface area contributed by atoms with E-state index in [2.05, 4.69) is 0 Å². The van der Waals surface area contributed by atoms with Crippen LogP contribution in [-0.2, 0) is 10.0 Å². The molecule has 0 aromatic rings. The van der Waals surface area contributed by atoms with Crippen LogP contribution in [0.15, 0.2) is 0 Å². The Hall–Kier alpha value is -0.820. The van der Waals surface area contributed by atoms with Crippen molar-refractivity contribution in [3.8, 4) is 12.1 Å². The number of hydrogen-bond acceptors (Lipinski definition) is 4. The van der Waals surface area contributed by atoms with Crippen LogP contribution in [0, 0.1) is 22.7 Å². The number of sulfonamides is 1. The van der Waals surface area contributed by atoms with Gasteiger partial charge in [0.05, 0.1) is 17.9 Å². The van der Waals surface area contributed by atoms with E-state index in [9.17, 15) is 8.42 Å². The molecule has 0 aliphatic carbocycles. The van der Waals surface area contributed by atoms with Crippen LogP contribution in [-0.4, -0.2) is 37.4 Å². The van der Waals surface area contributed by atoms with Gasteiger partial charge in [-0.2, -0.15) is 14.8 Å². The third-order valence-corrected chi connectivity index (χ3v) is 4.35. The minimum absolute atomic E-state index is 0.0244. The van der Waals surface area contributed by atoms with Gasteiger partial charge in [-0.05, 0) is 12.8 Å². The smallest absolute Gasteiger partial charge is 0.212 e. The Kier molecular flexibility index (Phi) is 8.79. The topological polar surface area (TPSA) is 85.0 Å². The van der Waals surface area contributed by atoms with Crippen molar-refractivity contribution in [1.82, 2.24) is 4.31 Å². The summed E-state index contributed by atoms with van der Waals surface area (Å²) in [5, 5.41) is 16.9. The number of nitrogens with zero attached hydrogens (tertiary/aromatic N) is 3. The van der Waals surface area contributed by atoms with Crippen molar-refractivity contribution < 1.29 is 8.42 Å². The van der Waals surface area contributed by atoms with Gasteiger partial charge in [-0.15, -0.1) is 11.6 Å². The largest absolute Gasteiger partial charge is 0.214 e. The Morgan fingerprint density at radius 2 is 1.59 bits per heavy atom. The molecule has 0 heterocycles. The lowest BCUT2D eigenvalue weighted by molar-refractivity contribution is 0.424. The number of alkyl halides is 1. The molecule has 7 heteroatoms. The maximum Gasteiger partial charge on any atom is 0.214 e. The van der Waals surface area contributed by atoms with Crippen molar-refractivity contribution in [3.05, 3.63) is 0 Å². The SMILES string of the molecule is N#CCCN(CCC#N)S(=O)(=O)CCCCCl. The van der Waals surface area contributed by atoms with Crippen LogP contribution in [0.25, 0.3) is 0 Å². The summed E-state index contributed by atoms with van der Waals surface area (Å²) < 4.78 is 25.0. The first-order chi connectivity index (χ1) is 8.08. The van der Waals surface area contributed by atoms with Gasteiger partial charge in [-0.25, -0.2) is 8.42 Å². The summed E-state index contributed by atoms with van der Waals surface area (Å²) in [7, 11) is -3.37. The molecule has 0 N–H and O–H groups in total. The van der Waals surface area contributed by atoms with Crippen molar-refractivity contribution in [2.45, 2.75) is 25.7 Å². The zero-order valence-electron chi connectivity index (χ0n) is 9.60. The number of nitriles is 2. The zero-order valence-corrected chi connectivity index (χ0v) is 11.2. The Morgan fingerprint density at radius 1 is 1.06 bits per heavy atom. The highest BCUT2D eigenvalue weighted by Gasteiger charge is 2.20. The van der Waals surface area contributed by atoms with Gasteiger partial charge in [0.25, 0.3) is 0 Å². The number of halogens is 1. The summed E-state index contributed by atoms with van der Waals surface area (Å²) in [6, 6.07) is 3.81. The molecular weight excluding hydrogens is 262 g/mol. The highest BCUT2D eigenvalue weighted by atomic mass is 35.5. The Bertz CT molecular complexity index is 365. The fraction of sp³-hybridized carbons (Fsp3) is 0.800. The molecule has 0 fully saturated rings. The van der Waals surface area contributed by atoms with E-state index >= 15 is 0 Å². The van der Waals surface area contributed by atoms with Gasteiger partial charge in [0.2, 0.25) is 10.0 Å². The Labute approximate surface area is 108 Å². The predicted octanol–water partition coefficient (Wildman–Crippen LogP) is 1.46. The van der Waals surface area contributed by atoms with Crippen molar-refractivity contribution >= 4 is 21.6 Å². The second kappa shape index (κ2) is 9.23.